The number of hydrogen-bond donors (Lipinski definition) is 1. The number of aliphatic imine (C=N–C) groups is 1. The van der Waals surface area contributed by atoms with Crippen LogP contribution in [0.1, 0.15) is 10.6 Å². The molecule has 5 nitrogen and oxygen atoms in total. The van der Waals surface area contributed by atoms with Crippen molar-refractivity contribution in [3.8, 4) is 0 Å². The van der Waals surface area contributed by atoms with Crippen molar-refractivity contribution in [3.05, 3.63) is 63.8 Å². The number of carbonyl (C=O) groups excluding carboxylic acids is 1. The Morgan fingerprint density at radius 2 is 1.94 bits per heavy atom. The number of amides is 1. The molecule has 166 valence electrons. The van der Waals surface area contributed by atoms with Gasteiger partial charge in [-0.05, 0) is 30.3 Å². The second kappa shape index (κ2) is 8.42. The number of rotatable bonds is 3. The van der Waals surface area contributed by atoms with Gasteiger partial charge in [-0.3, -0.25) is 4.79 Å². The van der Waals surface area contributed by atoms with Gasteiger partial charge in [0.15, 0.2) is 0 Å². The fourth-order valence-electron chi connectivity index (χ4n) is 3.07. The first-order chi connectivity index (χ1) is 15.1. The largest absolute Gasteiger partial charge is 0.416 e. The van der Waals surface area contributed by atoms with E-state index < -0.39 is 17.0 Å². The molecule has 1 atom stereocenters. The number of thiazole rings is 1. The van der Waals surface area contributed by atoms with Crippen LogP contribution in [0.25, 0.3) is 15.8 Å². The Hall–Kier alpha value is -2.56. The highest BCUT2D eigenvalue weighted by Gasteiger charge is 2.38. The summed E-state index contributed by atoms with van der Waals surface area (Å²) in [6.07, 6.45) is -4.55. The molecular formula is C21H16ClF3N4OS2. The molecule has 0 fully saturated rings. The van der Waals surface area contributed by atoms with Gasteiger partial charge in [0.25, 0.3) is 0 Å². The molecule has 0 saturated carbocycles. The standard InChI is InChI=1S/C21H16ClF3N4OS2/c1-29(2)20(30)17-16(26)15(18-27-12-5-3-4-6-14(12)31-18)19(32-17)28-13-9-10(21(23,24)25)7-8-11(13)22/h3-9,17H,26H2,1-2H3/t17-/m0/s1. The van der Waals surface area contributed by atoms with Gasteiger partial charge in [0.1, 0.15) is 15.3 Å². The van der Waals surface area contributed by atoms with Gasteiger partial charge in [-0.25, -0.2) is 9.98 Å². The summed E-state index contributed by atoms with van der Waals surface area (Å²) in [4.78, 5) is 23.1. The van der Waals surface area contributed by atoms with Crippen molar-refractivity contribution in [2.75, 3.05) is 14.1 Å². The van der Waals surface area contributed by atoms with Crippen LogP contribution in [-0.4, -0.2) is 40.2 Å². The molecule has 1 aromatic heterocycles. The van der Waals surface area contributed by atoms with Crippen molar-refractivity contribution in [2.45, 2.75) is 11.4 Å². The lowest BCUT2D eigenvalue weighted by Crippen LogP contribution is -2.33. The highest BCUT2D eigenvalue weighted by molar-refractivity contribution is 8.16. The summed E-state index contributed by atoms with van der Waals surface area (Å²) in [5.74, 6) is -0.258. The Morgan fingerprint density at radius 3 is 2.59 bits per heavy atom. The van der Waals surface area contributed by atoms with Gasteiger partial charge in [0.2, 0.25) is 5.91 Å². The van der Waals surface area contributed by atoms with Crippen LogP contribution in [-0.2, 0) is 11.0 Å². The number of thioether (sulfide) groups is 1. The first kappa shape index (κ1) is 22.6. The van der Waals surface area contributed by atoms with Gasteiger partial charge in [-0.1, -0.05) is 35.5 Å². The third kappa shape index (κ3) is 4.22. The van der Waals surface area contributed by atoms with Crippen LogP contribution in [0, 0.1) is 0 Å². The molecule has 0 spiro atoms. The number of aromatic nitrogens is 1. The molecule has 2 aromatic carbocycles. The third-order valence-corrected chi connectivity index (χ3v) is 7.27. The predicted molar refractivity (Wildman–Crippen MR) is 124 cm³/mol. The molecule has 1 amide bonds. The predicted octanol–water partition coefficient (Wildman–Crippen LogP) is 5.57. The van der Waals surface area contributed by atoms with Gasteiger partial charge < -0.3 is 10.6 Å². The van der Waals surface area contributed by atoms with E-state index in [0.29, 0.717) is 15.6 Å². The molecule has 1 aliphatic rings. The molecule has 0 unspecified atom stereocenters. The average molecular weight is 497 g/mol. The molecular weight excluding hydrogens is 481 g/mol. The number of carbonyl (C=O) groups is 1. The van der Waals surface area contributed by atoms with Crippen LogP contribution in [0.5, 0.6) is 0 Å². The molecule has 0 bridgehead atoms. The van der Waals surface area contributed by atoms with Gasteiger partial charge in [-0.2, -0.15) is 13.2 Å². The maximum atomic E-state index is 13.2. The molecule has 0 radical (unpaired) electrons. The summed E-state index contributed by atoms with van der Waals surface area (Å²) >= 11 is 8.59. The number of nitrogens with two attached hydrogens (primary N) is 1. The van der Waals surface area contributed by atoms with E-state index in [1.54, 1.807) is 14.1 Å². The zero-order valence-electron chi connectivity index (χ0n) is 16.8. The normalized spacial score (nSPS) is 18.1. The number of fused-ring (bicyclic) bond motifs is 1. The maximum absolute atomic E-state index is 13.2. The molecule has 2 N–H and O–H groups in total. The quantitative estimate of drug-likeness (QED) is 0.514. The smallest absolute Gasteiger partial charge is 0.400 e. The van der Waals surface area contributed by atoms with E-state index in [0.717, 1.165) is 40.2 Å². The summed E-state index contributed by atoms with van der Waals surface area (Å²) in [6, 6.07) is 10.4. The van der Waals surface area contributed by atoms with Gasteiger partial charge in [-0.15, -0.1) is 11.3 Å². The average Bonchev–Trinajstić information content (AvgIpc) is 3.28. The van der Waals surface area contributed by atoms with E-state index in [1.165, 1.54) is 16.2 Å². The van der Waals surface area contributed by atoms with E-state index in [2.05, 4.69) is 9.98 Å². The molecule has 4 rings (SSSR count). The Balaban J connectivity index is 1.88. The lowest BCUT2D eigenvalue weighted by molar-refractivity contribution is -0.137. The Morgan fingerprint density at radius 1 is 1.22 bits per heavy atom. The first-order valence-corrected chi connectivity index (χ1v) is 11.3. The third-order valence-electron chi connectivity index (χ3n) is 4.68. The number of benzene rings is 2. The molecule has 2 heterocycles. The van der Waals surface area contributed by atoms with Crippen LogP contribution < -0.4 is 5.73 Å². The van der Waals surface area contributed by atoms with Crippen molar-refractivity contribution in [1.82, 2.24) is 9.88 Å². The number of para-hydroxylation sites is 1. The second-order valence-electron chi connectivity index (χ2n) is 7.13. The van der Waals surface area contributed by atoms with Crippen molar-refractivity contribution in [3.63, 3.8) is 0 Å². The summed E-state index contributed by atoms with van der Waals surface area (Å²) in [5, 5.41) is 0.112. The Labute approximate surface area is 194 Å². The van der Waals surface area contributed by atoms with Gasteiger partial charge in [0.05, 0.1) is 32.1 Å². The van der Waals surface area contributed by atoms with Crippen molar-refractivity contribution >= 4 is 67.1 Å². The SMILES string of the molecule is CN(C)C(=O)[C@H]1SC(=Nc2cc(C(F)(F)F)ccc2Cl)C(c2nc3ccccc3s2)=C1N. The minimum Gasteiger partial charge on any atom is -0.400 e. The monoisotopic (exact) mass is 496 g/mol. The molecule has 3 aromatic rings. The van der Waals surface area contributed by atoms with Crippen LogP contribution >= 0.6 is 34.7 Å². The zero-order valence-corrected chi connectivity index (χ0v) is 19.2. The first-order valence-electron chi connectivity index (χ1n) is 9.25. The molecule has 32 heavy (non-hydrogen) atoms. The van der Waals surface area contributed by atoms with Crippen LogP contribution in [0.15, 0.2) is 53.2 Å². The van der Waals surface area contributed by atoms with Crippen molar-refractivity contribution in [1.29, 1.82) is 0 Å². The fourth-order valence-corrected chi connectivity index (χ4v) is 5.59. The van der Waals surface area contributed by atoms with Crippen LogP contribution in [0.4, 0.5) is 18.9 Å². The minimum absolute atomic E-state index is 0.0516. The van der Waals surface area contributed by atoms with Crippen LogP contribution in [0.3, 0.4) is 0 Å². The minimum atomic E-state index is -4.55. The van der Waals surface area contributed by atoms with Crippen molar-refractivity contribution in [2.24, 2.45) is 10.7 Å². The summed E-state index contributed by atoms with van der Waals surface area (Å²) in [6.45, 7) is 0. The van der Waals surface area contributed by atoms with Crippen LogP contribution in [0.2, 0.25) is 5.02 Å². The molecule has 11 heteroatoms. The lowest BCUT2D eigenvalue weighted by atomic mass is 10.1. The topological polar surface area (TPSA) is 71.6 Å². The Kier molecular flexibility index (Phi) is 5.95. The molecule has 0 saturated heterocycles. The highest BCUT2D eigenvalue weighted by atomic mass is 35.5. The lowest BCUT2D eigenvalue weighted by Gasteiger charge is -2.15. The molecule has 0 aliphatic carbocycles. The summed E-state index contributed by atoms with van der Waals surface area (Å²) < 4.78 is 40.5. The zero-order chi connectivity index (χ0) is 23.2. The highest BCUT2D eigenvalue weighted by Crippen LogP contribution is 2.43. The van der Waals surface area contributed by atoms with E-state index in [4.69, 9.17) is 17.3 Å². The van der Waals surface area contributed by atoms with E-state index in [-0.39, 0.29) is 22.3 Å². The van der Waals surface area contributed by atoms with Gasteiger partial charge in [0, 0.05) is 19.8 Å². The van der Waals surface area contributed by atoms with E-state index in [1.807, 2.05) is 24.3 Å². The number of halogens is 4. The maximum Gasteiger partial charge on any atom is 0.416 e. The van der Waals surface area contributed by atoms with Gasteiger partial charge >= 0.3 is 6.18 Å². The second-order valence-corrected chi connectivity index (χ2v) is 9.66. The van der Waals surface area contributed by atoms with E-state index >= 15 is 0 Å². The summed E-state index contributed by atoms with van der Waals surface area (Å²) in [7, 11) is 3.21. The Bertz CT molecular complexity index is 1250. The number of nitrogens with zero attached hydrogens (tertiary/aromatic N) is 3. The number of alkyl halides is 3. The van der Waals surface area contributed by atoms with E-state index in [9.17, 15) is 18.0 Å². The summed E-state index contributed by atoms with van der Waals surface area (Å²) in [5.41, 5.74) is 6.89. The molecule has 1 aliphatic heterocycles. The fraction of sp³-hybridized carbons (Fsp3) is 0.190. The van der Waals surface area contributed by atoms with Crippen molar-refractivity contribution < 1.29 is 18.0 Å². The number of hydrogen-bond acceptors (Lipinski definition) is 6.